The molecule has 3 rings (SSSR count). The first-order valence-electron chi connectivity index (χ1n) is 5.15. The summed E-state index contributed by atoms with van der Waals surface area (Å²) in [7, 11) is 0. The Morgan fingerprint density at radius 3 is 2.89 bits per heavy atom. The maximum Gasteiger partial charge on any atom is 0.134 e. The number of rotatable bonds is 0. The quantitative estimate of drug-likeness (QED) is 0.774. The van der Waals surface area contributed by atoms with Gasteiger partial charge in [0.2, 0.25) is 0 Å². The molecule has 2 aromatic rings. The van der Waals surface area contributed by atoms with Gasteiger partial charge in [-0.05, 0) is 31.2 Å². The average molecular weight is 284 g/mol. The van der Waals surface area contributed by atoms with Crippen molar-refractivity contribution in [3.63, 3.8) is 0 Å². The molecular formula is C12H11ClFN3S. The number of nitrogens with zero attached hydrogens (tertiary/aromatic N) is 1. The first-order chi connectivity index (χ1) is 8.13. The molecule has 6 heteroatoms. The van der Waals surface area contributed by atoms with E-state index in [2.05, 4.69) is 10.3 Å². The fourth-order valence-corrected chi connectivity index (χ4v) is 2.75. The number of fused-ring (bicyclic) bond motifs is 2. The van der Waals surface area contributed by atoms with Gasteiger partial charge in [-0.3, -0.25) is 0 Å². The zero-order valence-electron chi connectivity index (χ0n) is 9.53. The molecule has 0 atom stereocenters. The largest absolute Gasteiger partial charge is 0.383 e. The summed E-state index contributed by atoms with van der Waals surface area (Å²) in [5.74, 6) is 0.170. The lowest BCUT2D eigenvalue weighted by Crippen LogP contribution is -2.11. The van der Waals surface area contributed by atoms with Crippen molar-refractivity contribution >= 4 is 46.0 Å². The maximum atomic E-state index is 13.2. The molecule has 3 N–H and O–H groups in total. The van der Waals surface area contributed by atoms with Gasteiger partial charge in [-0.2, -0.15) is 0 Å². The SMILES string of the molecule is Cc1cc2c(s1)Nc1cc(F)ccc1N=C2N.Cl. The number of hydrogen-bond acceptors (Lipinski definition) is 4. The second-order valence-corrected chi connectivity index (χ2v) is 5.14. The van der Waals surface area contributed by atoms with Crippen LogP contribution in [-0.2, 0) is 0 Å². The minimum atomic E-state index is -0.290. The van der Waals surface area contributed by atoms with Crippen LogP contribution < -0.4 is 11.1 Å². The van der Waals surface area contributed by atoms with E-state index in [-0.39, 0.29) is 18.2 Å². The predicted molar refractivity (Wildman–Crippen MR) is 76.4 cm³/mol. The maximum absolute atomic E-state index is 13.2. The fraction of sp³-hybridized carbons (Fsp3) is 0.0833. The topological polar surface area (TPSA) is 50.4 Å². The highest BCUT2D eigenvalue weighted by atomic mass is 35.5. The molecule has 0 saturated heterocycles. The molecule has 0 fully saturated rings. The number of aliphatic imine (C=N–C) groups is 1. The van der Waals surface area contributed by atoms with E-state index in [1.165, 1.54) is 12.1 Å². The minimum Gasteiger partial charge on any atom is -0.383 e. The molecule has 0 spiro atoms. The van der Waals surface area contributed by atoms with Gasteiger partial charge in [-0.15, -0.1) is 23.7 Å². The van der Waals surface area contributed by atoms with Crippen molar-refractivity contribution in [2.45, 2.75) is 6.92 Å². The monoisotopic (exact) mass is 283 g/mol. The summed E-state index contributed by atoms with van der Waals surface area (Å²) in [6.07, 6.45) is 0. The number of halogens is 2. The molecule has 94 valence electrons. The first kappa shape index (κ1) is 12.9. The van der Waals surface area contributed by atoms with E-state index in [4.69, 9.17) is 5.73 Å². The van der Waals surface area contributed by atoms with Crippen LogP contribution in [-0.4, -0.2) is 5.84 Å². The number of anilines is 2. The zero-order chi connectivity index (χ0) is 12.0. The van der Waals surface area contributed by atoms with E-state index in [9.17, 15) is 4.39 Å². The van der Waals surface area contributed by atoms with Gasteiger partial charge in [-0.25, -0.2) is 9.38 Å². The fourth-order valence-electron chi connectivity index (χ4n) is 1.82. The van der Waals surface area contributed by atoms with Crippen molar-refractivity contribution in [3.05, 3.63) is 40.5 Å². The van der Waals surface area contributed by atoms with Gasteiger partial charge in [0.25, 0.3) is 0 Å². The van der Waals surface area contributed by atoms with E-state index in [0.29, 0.717) is 17.2 Å². The van der Waals surface area contributed by atoms with Crippen LogP contribution in [0, 0.1) is 12.7 Å². The number of benzene rings is 1. The normalized spacial score (nSPS) is 12.4. The summed E-state index contributed by atoms with van der Waals surface area (Å²) in [5, 5.41) is 4.09. The number of amidine groups is 1. The molecule has 1 aliphatic rings. The third kappa shape index (κ3) is 2.07. The molecule has 1 aromatic heterocycles. The summed E-state index contributed by atoms with van der Waals surface area (Å²) in [4.78, 5) is 5.45. The second kappa shape index (κ2) is 4.59. The van der Waals surface area contributed by atoms with Gasteiger partial charge in [-0.1, -0.05) is 0 Å². The number of thiophene rings is 1. The van der Waals surface area contributed by atoms with Gasteiger partial charge in [0.15, 0.2) is 0 Å². The number of nitrogens with one attached hydrogen (secondary N) is 1. The van der Waals surface area contributed by atoms with Crippen molar-refractivity contribution in [1.82, 2.24) is 0 Å². The van der Waals surface area contributed by atoms with Crippen molar-refractivity contribution in [2.75, 3.05) is 5.32 Å². The summed E-state index contributed by atoms with van der Waals surface area (Å²) < 4.78 is 13.2. The van der Waals surface area contributed by atoms with Gasteiger partial charge >= 0.3 is 0 Å². The molecular weight excluding hydrogens is 273 g/mol. The Morgan fingerprint density at radius 1 is 1.33 bits per heavy atom. The van der Waals surface area contributed by atoms with E-state index in [0.717, 1.165) is 15.4 Å². The Bertz CT molecular complexity index is 636. The van der Waals surface area contributed by atoms with E-state index in [1.54, 1.807) is 17.4 Å². The van der Waals surface area contributed by atoms with Gasteiger partial charge in [0.05, 0.1) is 16.9 Å². The van der Waals surface area contributed by atoms with E-state index >= 15 is 0 Å². The first-order valence-corrected chi connectivity index (χ1v) is 5.96. The van der Waals surface area contributed by atoms with Crippen LogP contribution in [0.5, 0.6) is 0 Å². The lowest BCUT2D eigenvalue weighted by atomic mass is 10.2. The van der Waals surface area contributed by atoms with E-state index in [1.807, 2.05) is 13.0 Å². The zero-order valence-corrected chi connectivity index (χ0v) is 11.2. The molecule has 1 aliphatic heterocycles. The van der Waals surface area contributed by atoms with Crippen LogP contribution in [0.2, 0.25) is 0 Å². The average Bonchev–Trinajstić information content (AvgIpc) is 2.58. The smallest absolute Gasteiger partial charge is 0.134 e. The van der Waals surface area contributed by atoms with Gasteiger partial charge < -0.3 is 11.1 Å². The van der Waals surface area contributed by atoms with E-state index < -0.39 is 0 Å². The van der Waals surface area contributed by atoms with Crippen molar-refractivity contribution in [2.24, 2.45) is 10.7 Å². The molecule has 3 nitrogen and oxygen atoms in total. The number of hydrogen-bond donors (Lipinski definition) is 2. The lowest BCUT2D eigenvalue weighted by Gasteiger charge is -2.05. The Balaban J connectivity index is 0.00000120. The highest BCUT2D eigenvalue weighted by molar-refractivity contribution is 7.16. The van der Waals surface area contributed by atoms with Crippen LogP contribution in [0.4, 0.5) is 20.8 Å². The molecule has 0 amide bonds. The Kier molecular flexibility index (Phi) is 3.28. The standard InChI is InChI=1S/C12H10FN3S.ClH/c1-6-4-8-11(14)15-9-3-2-7(13)5-10(9)16-12(8)17-6;/h2-5,16H,1H3,(H2,14,15);1H. The summed E-state index contributed by atoms with van der Waals surface area (Å²) in [6.45, 7) is 2.00. The van der Waals surface area contributed by atoms with Crippen LogP contribution in [0.15, 0.2) is 29.3 Å². The second-order valence-electron chi connectivity index (χ2n) is 3.88. The van der Waals surface area contributed by atoms with Crippen molar-refractivity contribution in [3.8, 4) is 0 Å². The highest BCUT2D eigenvalue weighted by Gasteiger charge is 2.17. The molecule has 0 bridgehead atoms. The summed E-state index contributed by atoms with van der Waals surface area (Å²) in [5.41, 5.74) is 8.12. The third-order valence-electron chi connectivity index (χ3n) is 2.58. The number of aryl methyl sites for hydroxylation is 1. The summed E-state index contributed by atoms with van der Waals surface area (Å²) in [6, 6.07) is 6.40. The minimum absolute atomic E-state index is 0. The van der Waals surface area contributed by atoms with Crippen molar-refractivity contribution in [1.29, 1.82) is 0 Å². The molecule has 0 unspecified atom stereocenters. The van der Waals surface area contributed by atoms with Crippen LogP contribution in [0.25, 0.3) is 0 Å². The third-order valence-corrected chi connectivity index (χ3v) is 3.54. The Hall–Kier alpha value is -1.59. The predicted octanol–water partition coefficient (Wildman–Crippen LogP) is 3.71. The lowest BCUT2D eigenvalue weighted by molar-refractivity contribution is 0.628. The highest BCUT2D eigenvalue weighted by Crippen LogP contribution is 2.37. The summed E-state index contributed by atoms with van der Waals surface area (Å²) >= 11 is 1.58. The Morgan fingerprint density at radius 2 is 2.11 bits per heavy atom. The van der Waals surface area contributed by atoms with Crippen LogP contribution >= 0.6 is 23.7 Å². The van der Waals surface area contributed by atoms with Crippen LogP contribution in [0.1, 0.15) is 10.4 Å². The molecule has 1 aromatic carbocycles. The molecule has 0 radical (unpaired) electrons. The van der Waals surface area contributed by atoms with Crippen LogP contribution in [0.3, 0.4) is 0 Å². The molecule has 0 saturated carbocycles. The molecule has 2 heterocycles. The molecule has 18 heavy (non-hydrogen) atoms. The molecule has 0 aliphatic carbocycles. The van der Waals surface area contributed by atoms with Gasteiger partial charge in [0.1, 0.15) is 16.7 Å². The van der Waals surface area contributed by atoms with Crippen molar-refractivity contribution < 1.29 is 4.39 Å². The number of nitrogens with two attached hydrogens (primary N) is 1. The van der Waals surface area contributed by atoms with Gasteiger partial charge in [0, 0.05) is 4.88 Å². The Labute approximate surface area is 114 Å².